The van der Waals surface area contributed by atoms with Crippen molar-refractivity contribution < 1.29 is 14.3 Å². The Morgan fingerprint density at radius 2 is 1.78 bits per heavy atom. The number of nitrogens with one attached hydrogen (secondary N) is 1. The number of nitrogens with zero attached hydrogens (tertiary/aromatic N) is 1. The van der Waals surface area contributed by atoms with E-state index in [4.69, 9.17) is 27.9 Å². The van der Waals surface area contributed by atoms with Crippen molar-refractivity contribution in [3.8, 4) is 0 Å². The van der Waals surface area contributed by atoms with Crippen molar-refractivity contribution in [2.45, 2.75) is 4.90 Å². The number of pyridine rings is 1. The summed E-state index contributed by atoms with van der Waals surface area (Å²) in [7, 11) is 0. The Kier molecular flexibility index (Phi) is 6.70. The molecule has 1 aromatic carbocycles. The van der Waals surface area contributed by atoms with Crippen LogP contribution in [-0.2, 0) is 14.3 Å². The van der Waals surface area contributed by atoms with Gasteiger partial charge in [0.1, 0.15) is 5.82 Å². The standard InChI is InChI=1S/C15H12Cl2N2O3S/c16-10-1-4-12(5-2-10)23-9-15(21)22-8-14(20)19-13-6-3-11(17)7-18-13/h1-7H,8-9H2,(H,18,19,20). The summed E-state index contributed by atoms with van der Waals surface area (Å²) in [6.45, 7) is -0.371. The first-order valence-corrected chi connectivity index (χ1v) is 8.22. The molecule has 1 aromatic heterocycles. The van der Waals surface area contributed by atoms with Crippen molar-refractivity contribution in [2.75, 3.05) is 17.7 Å². The topological polar surface area (TPSA) is 68.3 Å². The van der Waals surface area contributed by atoms with Gasteiger partial charge in [0.25, 0.3) is 5.91 Å². The molecule has 0 spiro atoms. The molecule has 0 aliphatic carbocycles. The average Bonchev–Trinajstić information content (AvgIpc) is 2.54. The Morgan fingerprint density at radius 3 is 2.43 bits per heavy atom. The Hall–Kier alpha value is -1.76. The van der Waals surface area contributed by atoms with Crippen molar-refractivity contribution in [1.82, 2.24) is 4.98 Å². The molecule has 0 saturated heterocycles. The molecule has 0 fully saturated rings. The third kappa shape index (κ3) is 6.48. The van der Waals surface area contributed by atoms with Crippen LogP contribution >= 0.6 is 35.0 Å². The van der Waals surface area contributed by atoms with Gasteiger partial charge >= 0.3 is 5.97 Å². The molecular weight excluding hydrogens is 359 g/mol. The summed E-state index contributed by atoms with van der Waals surface area (Å²) in [6.07, 6.45) is 1.41. The highest BCUT2D eigenvalue weighted by Gasteiger charge is 2.09. The normalized spacial score (nSPS) is 10.2. The fraction of sp³-hybridized carbons (Fsp3) is 0.133. The van der Waals surface area contributed by atoms with E-state index in [9.17, 15) is 9.59 Å². The van der Waals surface area contributed by atoms with E-state index >= 15 is 0 Å². The van der Waals surface area contributed by atoms with Crippen molar-refractivity contribution in [3.05, 3.63) is 52.6 Å². The smallest absolute Gasteiger partial charge is 0.316 e. The summed E-state index contributed by atoms with van der Waals surface area (Å²) in [5.41, 5.74) is 0. The molecule has 5 nitrogen and oxygen atoms in total. The first-order chi connectivity index (χ1) is 11.0. The van der Waals surface area contributed by atoms with Crippen LogP contribution in [0.2, 0.25) is 10.0 Å². The number of rotatable bonds is 6. The number of esters is 1. The molecule has 0 bridgehead atoms. The number of aromatic nitrogens is 1. The Labute approximate surface area is 147 Å². The lowest BCUT2D eigenvalue weighted by molar-refractivity contribution is -0.144. The van der Waals surface area contributed by atoms with Gasteiger partial charge in [-0.25, -0.2) is 4.98 Å². The predicted molar refractivity (Wildman–Crippen MR) is 91.0 cm³/mol. The lowest BCUT2D eigenvalue weighted by Crippen LogP contribution is -2.22. The van der Waals surface area contributed by atoms with Crippen molar-refractivity contribution in [2.24, 2.45) is 0 Å². The maximum atomic E-state index is 11.6. The van der Waals surface area contributed by atoms with E-state index in [1.165, 1.54) is 18.0 Å². The van der Waals surface area contributed by atoms with Gasteiger partial charge in [0.2, 0.25) is 0 Å². The Morgan fingerprint density at radius 1 is 1.09 bits per heavy atom. The molecule has 2 aromatic rings. The lowest BCUT2D eigenvalue weighted by Gasteiger charge is -2.06. The highest BCUT2D eigenvalue weighted by Crippen LogP contribution is 2.20. The molecule has 0 radical (unpaired) electrons. The number of amides is 1. The summed E-state index contributed by atoms with van der Waals surface area (Å²) in [4.78, 5) is 28.0. The summed E-state index contributed by atoms with van der Waals surface area (Å²) in [6, 6.07) is 10.2. The van der Waals surface area contributed by atoms with Crippen molar-refractivity contribution in [1.29, 1.82) is 0 Å². The van der Waals surface area contributed by atoms with Gasteiger partial charge in [0.05, 0.1) is 10.8 Å². The number of carbonyl (C=O) groups is 2. The van der Waals surface area contributed by atoms with E-state index < -0.39 is 11.9 Å². The largest absolute Gasteiger partial charge is 0.455 e. The van der Waals surface area contributed by atoms with Gasteiger partial charge in [-0.3, -0.25) is 9.59 Å². The summed E-state index contributed by atoms with van der Waals surface area (Å²) < 4.78 is 4.89. The molecule has 23 heavy (non-hydrogen) atoms. The number of carbonyl (C=O) groups excluding carboxylic acids is 2. The van der Waals surface area contributed by atoms with Crippen molar-refractivity contribution >= 4 is 52.7 Å². The van der Waals surface area contributed by atoms with Crippen LogP contribution in [0.25, 0.3) is 0 Å². The maximum absolute atomic E-state index is 11.6. The van der Waals surface area contributed by atoms with Crippen LogP contribution in [0.3, 0.4) is 0 Å². The summed E-state index contributed by atoms with van der Waals surface area (Å²) in [5.74, 6) is -0.506. The molecule has 1 amide bonds. The van der Waals surface area contributed by atoms with Gasteiger partial charge in [-0.1, -0.05) is 23.2 Å². The number of halogens is 2. The fourth-order valence-corrected chi connectivity index (χ4v) is 2.42. The SMILES string of the molecule is O=C(COC(=O)CSc1ccc(Cl)cc1)Nc1ccc(Cl)cn1. The molecule has 0 unspecified atom stereocenters. The molecule has 1 N–H and O–H groups in total. The van der Waals surface area contributed by atoms with Crippen LogP contribution in [0.5, 0.6) is 0 Å². The molecule has 2 rings (SSSR count). The third-order valence-electron chi connectivity index (χ3n) is 2.53. The number of ether oxygens (including phenoxy) is 1. The van der Waals surface area contributed by atoms with Crippen LogP contribution in [0, 0.1) is 0 Å². The van der Waals surface area contributed by atoms with E-state index in [-0.39, 0.29) is 12.4 Å². The zero-order valence-corrected chi connectivity index (χ0v) is 14.1. The molecular formula is C15H12Cl2N2O3S. The summed E-state index contributed by atoms with van der Waals surface area (Å²) in [5, 5.41) is 3.59. The van der Waals surface area contributed by atoms with Crippen LogP contribution < -0.4 is 5.32 Å². The van der Waals surface area contributed by atoms with Crippen LogP contribution in [0.1, 0.15) is 0 Å². The van der Waals surface area contributed by atoms with Gasteiger partial charge in [0, 0.05) is 16.1 Å². The number of thioether (sulfide) groups is 1. The minimum absolute atomic E-state index is 0.105. The van der Waals surface area contributed by atoms with Gasteiger partial charge in [0.15, 0.2) is 6.61 Å². The molecule has 0 atom stereocenters. The molecule has 0 saturated carbocycles. The van der Waals surface area contributed by atoms with E-state index in [0.717, 1.165) is 4.90 Å². The number of hydrogen-bond donors (Lipinski definition) is 1. The summed E-state index contributed by atoms with van der Waals surface area (Å²) >= 11 is 12.8. The van der Waals surface area contributed by atoms with Gasteiger partial charge in [-0.05, 0) is 36.4 Å². The first-order valence-electron chi connectivity index (χ1n) is 6.48. The Bertz CT molecular complexity index is 678. The lowest BCUT2D eigenvalue weighted by atomic mass is 10.4. The minimum atomic E-state index is -0.482. The van der Waals surface area contributed by atoms with Crippen LogP contribution in [0.15, 0.2) is 47.5 Å². The molecule has 0 aliphatic heterocycles. The van der Waals surface area contributed by atoms with E-state index in [2.05, 4.69) is 10.3 Å². The second-order valence-electron chi connectivity index (χ2n) is 4.31. The van der Waals surface area contributed by atoms with Crippen molar-refractivity contribution in [3.63, 3.8) is 0 Å². The first kappa shape index (κ1) is 17.6. The minimum Gasteiger partial charge on any atom is -0.455 e. The van der Waals surface area contributed by atoms with E-state index in [1.807, 2.05) is 0 Å². The number of benzene rings is 1. The van der Waals surface area contributed by atoms with E-state index in [0.29, 0.717) is 15.9 Å². The predicted octanol–water partition coefficient (Wildman–Crippen LogP) is 3.66. The number of anilines is 1. The van der Waals surface area contributed by atoms with E-state index in [1.54, 1.807) is 36.4 Å². The molecule has 1 heterocycles. The molecule has 120 valence electrons. The quantitative estimate of drug-likeness (QED) is 0.620. The fourth-order valence-electron chi connectivity index (χ4n) is 1.49. The number of hydrogen-bond acceptors (Lipinski definition) is 5. The molecule has 0 aliphatic rings. The zero-order valence-electron chi connectivity index (χ0n) is 11.8. The average molecular weight is 371 g/mol. The van der Waals surface area contributed by atoms with Crippen LogP contribution in [-0.4, -0.2) is 29.2 Å². The third-order valence-corrected chi connectivity index (χ3v) is 3.99. The van der Waals surface area contributed by atoms with Crippen LogP contribution in [0.4, 0.5) is 5.82 Å². The maximum Gasteiger partial charge on any atom is 0.316 e. The van der Waals surface area contributed by atoms with Gasteiger partial charge in [-0.2, -0.15) is 0 Å². The second-order valence-corrected chi connectivity index (χ2v) is 6.23. The van der Waals surface area contributed by atoms with Gasteiger partial charge in [-0.15, -0.1) is 11.8 Å². The molecule has 8 heteroatoms. The Balaban J connectivity index is 1.70. The zero-order chi connectivity index (χ0) is 16.7. The van der Waals surface area contributed by atoms with Gasteiger partial charge < -0.3 is 10.1 Å². The monoisotopic (exact) mass is 370 g/mol. The highest BCUT2D eigenvalue weighted by atomic mass is 35.5. The highest BCUT2D eigenvalue weighted by molar-refractivity contribution is 8.00. The second kappa shape index (κ2) is 8.76.